The number of hydrogen-bond donors (Lipinski definition) is 0. The van der Waals surface area contributed by atoms with E-state index in [1.807, 2.05) is 43.3 Å². The number of carbonyl (C=O) groups excluding carboxylic acids is 1. The Morgan fingerprint density at radius 3 is 2.45 bits per heavy atom. The molecule has 0 saturated carbocycles. The van der Waals surface area contributed by atoms with Gasteiger partial charge in [0.05, 0.1) is 17.9 Å². The van der Waals surface area contributed by atoms with Gasteiger partial charge in [-0.25, -0.2) is 12.7 Å². The molecule has 0 radical (unpaired) electrons. The normalized spacial score (nSPS) is 14.7. The fourth-order valence-corrected chi connectivity index (χ4v) is 4.95. The van der Waals surface area contributed by atoms with Crippen LogP contribution >= 0.6 is 0 Å². The standard InChI is InChI=1S/C24H26N2O4S/c1-16(17-5-6-19-14-21(30-4)8-7-18(19)13-17)24(27)26-12-11-20-15-22(9-10-23(20)26)31(28,29)25(2)3/h5-10,13-16H,11-12H2,1-4H3. The number of ether oxygens (including phenoxy) is 1. The minimum Gasteiger partial charge on any atom is -0.497 e. The van der Waals surface area contributed by atoms with Gasteiger partial charge in [0.15, 0.2) is 0 Å². The molecule has 6 nitrogen and oxygen atoms in total. The summed E-state index contributed by atoms with van der Waals surface area (Å²) in [7, 11) is 1.17. The first-order chi connectivity index (χ1) is 14.7. The van der Waals surface area contributed by atoms with Crippen LogP contribution in [-0.2, 0) is 21.2 Å². The molecule has 1 aliphatic rings. The lowest BCUT2D eigenvalue weighted by molar-refractivity contribution is -0.119. The quantitative estimate of drug-likeness (QED) is 0.608. The Kier molecular flexibility index (Phi) is 5.49. The second-order valence-corrected chi connectivity index (χ2v) is 10.2. The number of hydrogen-bond acceptors (Lipinski definition) is 4. The minimum absolute atomic E-state index is 0.00910. The third-order valence-corrected chi connectivity index (χ3v) is 7.74. The molecule has 1 unspecified atom stereocenters. The van der Waals surface area contributed by atoms with Crippen molar-refractivity contribution < 1.29 is 17.9 Å². The molecule has 3 aromatic rings. The number of fused-ring (bicyclic) bond motifs is 2. The zero-order valence-corrected chi connectivity index (χ0v) is 18.9. The van der Waals surface area contributed by atoms with Crippen molar-refractivity contribution in [3.05, 3.63) is 65.7 Å². The molecule has 1 heterocycles. The summed E-state index contributed by atoms with van der Waals surface area (Å²) in [6.07, 6.45) is 0.641. The molecule has 0 aliphatic carbocycles. The van der Waals surface area contributed by atoms with E-state index in [-0.39, 0.29) is 16.7 Å². The van der Waals surface area contributed by atoms with Gasteiger partial charge in [0, 0.05) is 26.3 Å². The molecule has 0 spiro atoms. The molecular formula is C24H26N2O4S. The lowest BCUT2D eigenvalue weighted by atomic mass is 9.96. The number of amides is 1. The maximum Gasteiger partial charge on any atom is 0.242 e. The molecule has 0 N–H and O–H groups in total. The van der Waals surface area contributed by atoms with Gasteiger partial charge in [-0.15, -0.1) is 0 Å². The average Bonchev–Trinajstić information content (AvgIpc) is 3.20. The first-order valence-corrected chi connectivity index (χ1v) is 11.6. The molecule has 0 aromatic heterocycles. The molecule has 0 saturated heterocycles. The van der Waals surface area contributed by atoms with Crippen LogP contribution < -0.4 is 9.64 Å². The largest absolute Gasteiger partial charge is 0.497 e. The summed E-state index contributed by atoms with van der Waals surface area (Å²) in [5, 5.41) is 2.11. The van der Waals surface area contributed by atoms with E-state index in [9.17, 15) is 13.2 Å². The van der Waals surface area contributed by atoms with Crippen molar-refractivity contribution >= 4 is 32.4 Å². The average molecular weight is 439 g/mol. The van der Waals surface area contributed by atoms with Gasteiger partial charge in [0.1, 0.15) is 5.75 Å². The van der Waals surface area contributed by atoms with E-state index in [4.69, 9.17) is 4.74 Å². The maximum atomic E-state index is 13.3. The summed E-state index contributed by atoms with van der Waals surface area (Å²) in [5.41, 5.74) is 2.62. The Labute approximate surface area is 183 Å². The fourth-order valence-electron chi connectivity index (χ4n) is 3.99. The van der Waals surface area contributed by atoms with Gasteiger partial charge in [0.25, 0.3) is 0 Å². The highest BCUT2D eigenvalue weighted by molar-refractivity contribution is 7.89. The van der Waals surface area contributed by atoms with E-state index in [0.717, 1.165) is 33.3 Å². The number of rotatable bonds is 5. The van der Waals surface area contributed by atoms with Crippen LogP contribution in [0.1, 0.15) is 24.0 Å². The first-order valence-electron chi connectivity index (χ1n) is 10.2. The Hall–Kier alpha value is -2.90. The lowest BCUT2D eigenvalue weighted by Crippen LogP contribution is -2.32. The van der Waals surface area contributed by atoms with Gasteiger partial charge in [-0.2, -0.15) is 0 Å². The summed E-state index contributed by atoms with van der Waals surface area (Å²) in [4.78, 5) is 15.3. The molecule has 0 bridgehead atoms. The van der Waals surface area contributed by atoms with Crippen LogP contribution in [0.3, 0.4) is 0 Å². The van der Waals surface area contributed by atoms with Crippen LogP contribution in [0.25, 0.3) is 10.8 Å². The molecule has 1 amide bonds. The Balaban J connectivity index is 1.60. The van der Waals surface area contributed by atoms with Crippen LogP contribution in [0.15, 0.2) is 59.5 Å². The zero-order chi connectivity index (χ0) is 22.3. The van der Waals surface area contributed by atoms with E-state index in [1.165, 1.54) is 18.4 Å². The number of anilines is 1. The first kappa shape index (κ1) is 21.3. The molecule has 4 rings (SSSR count). The number of methoxy groups -OCH3 is 1. The maximum absolute atomic E-state index is 13.3. The molecule has 1 aliphatic heterocycles. The summed E-state index contributed by atoms with van der Waals surface area (Å²) in [6, 6.07) is 16.9. The van der Waals surface area contributed by atoms with E-state index in [1.54, 1.807) is 30.2 Å². The Bertz CT molecular complexity index is 1270. The predicted molar refractivity (Wildman–Crippen MR) is 122 cm³/mol. The van der Waals surface area contributed by atoms with Crippen LogP contribution in [0.5, 0.6) is 5.75 Å². The van der Waals surface area contributed by atoms with Crippen molar-refractivity contribution in [3.63, 3.8) is 0 Å². The molecule has 162 valence electrons. The smallest absolute Gasteiger partial charge is 0.242 e. The van der Waals surface area contributed by atoms with Gasteiger partial charge in [0.2, 0.25) is 15.9 Å². The summed E-state index contributed by atoms with van der Waals surface area (Å²) >= 11 is 0. The van der Waals surface area contributed by atoms with E-state index >= 15 is 0 Å². The lowest BCUT2D eigenvalue weighted by Gasteiger charge is -2.22. The van der Waals surface area contributed by atoms with Gasteiger partial charge in [-0.3, -0.25) is 4.79 Å². The molecule has 0 fully saturated rings. The van der Waals surface area contributed by atoms with Crippen LogP contribution in [0.2, 0.25) is 0 Å². The minimum atomic E-state index is -3.50. The molecular weight excluding hydrogens is 412 g/mol. The summed E-state index contributed by atoms with van der Waals surface area (Å²) in [6.45, 7) is 2.46. The topological polar surface area (TPSA) is 66.9 Å². The van der Waals surface area contributed by atoms with E-state index < -0.39 is 10.0 Å². The third-order valence-electron chi connectivity index (χ3n) is 5.93. The van der Waals surface area contributed by atoms with Crippen molar-refractivity contribution in [2.45, 2.75) is 24.2 Å². The van der Waals surface area contributed by atoms with Crippen LogP contribution in [-0.4, -0.2) is 46.4 Å². The summed E-state index contributed by atoms with van der Waals surface area (Å²) in [5.74, 6) is 0.492. The van der Waals surface area contributed by atoms with Gasteiger partial charge < -0.3 is 9.64 Å². The molecule has 31 heavy (non-hydrogen) atoms. The van der Waals surface area contributed by atoms with E-state index in [2.05, 4.69) is 0 Å². The Morgan fingerprint density at radius 2 is 1.74 bits per heavy atom. The number of nitrogens with zero attached hydrogens (tertiary/aromatic N) is 2. The SMILES string of the molecule is COc1ccc2cc(C(C)C(=O)N3CCc4cc(S(=O)(=O)N(C)C)ccc43)ccc2c1. The van der Waals surface area contributed by atoms with E-state index in [0.29, 0.717) is 13.0 Å². The monoisotopic (exact) mass is 438 g/mol. The summed E-state index contributed by atoms with van der Waals surface area (Å²) < 4.78 is 31.3. The van der Waals surface area contributed by atoms with Crippen molar-refractivity contribution in [1.29, 1.82) is 0 Å². The second kappa shape index (κ2) is 7.98. The van der Waals surface area contributed by atoms with Gasteiger partial charge >= 0.3 is 0 Å². The highest BCUT2D eigenvalue weighted by Gasteiger charge is 2.30. The molecule has 1 atom stereocenters. The van der Waals surface area contributed by atoms with Crippen molar-refractivity contribution in [2.75, 3.05) is 32.6 Å². The van der Waals surface area contributed by atoms with Crippen molar-refractivity contribution in [1.82, 2.24) is 4.31 Å². The highest BCUT2D eigenvalue weighted by atomic mass is 32.2. The fraction of sp³-hybridized carbons (Fsp3) is 0.292. The zero-order valence-electron chi connectivity index (χ0n) is 18.1. The third kappa shape index (κ3) is 3.79. The van der Waals surface area contributed by atoms with Gasteiger partial charge in [-0.05, 0) is 65.6 Å². The molecule has 7 heteroatoms. The van der Waals surface area contributed by atoms with Crippen molar-refractivity contribution in [3.8, 4) is 5.75 Å². The van der Waals surface area contributed by atoms with Crippen LogP contribution in [0.4, 0.5) is 5.69 Å². The molecule has 3 aromatic carbocycles. The Morgan fingerprint density at radius 1 is 1.03 bits per heavy atom. The van der Waals surface area contributed by atoms with Gasteiger partial charge in [-0.1, -0.05) is 24.3 Å². The number of sulfonamides is 1. The second-order valence-electron chi connectivity index (χ2n) is 8.01. The van der Waals surface area contributed by atoms with Crippen molar-refractivity contribution in [2.24, 2.45) is 0 Å². The number of carbonyl (C=O) groups is 1. The number of benzene rings is 3. The highest BCUT2D eigenvalue weighted by Crippen LogP contribution is 2.34. The predicted octanol–water partition coefficient (Wildman–Crippen LogP) is 3.79. The van der Waals surface area contributed by atoms with Crippen LogP contribution in [0, 0.1) is 0 Å².